The summed E-state index contributed by atoms with van der Waals surface area (Å²) >= 11 is 0. The Morgan fingerprint density at radius 1 is 0.862 bits per heavy atom. The van der Waals surface area contributed by atoms with Crippen molar-refractivity contribution in [2.75, 3.05) is 0 Å². The number of ether oxygens (including phenoxy) is 1. The molecule has 1 aliphatic heterocycles. The minimum Gasteiger partial charge on any atom is -0.492 e. The molecular weight excluding hydrogens is 355 g/mol. The minimum absolute atomic E-state index is 0.786. The van der Waals surface area contributed by atoms with E-state index in [2.05, 4.69) is 6.07 Å². The van der Waals surface area contributed by atoms with Gasteiger partial charge in [-0.25, -0.2) is 0 Å². The second-order valence-corrected chi connectivity index (χ2v) is 7.28. The molecule has 2 unspecified atom stereocenters. The Morgan fingerprint density at radius 2 is 1.45 bits per heavy atom. The molecule has 29 heavy (non-hydrogen) atoms. The number of benzene rings is 3. The summed E-state index contributed by atoms with van der Waals surface area (Å²) in [5.41, 5.74) is 3.07. The Morgan fingerprint density at radius 3 is 2.14 bits per heavy atom. The monoisotopic (exact) mass is 384 g/mol. The molecule has 0 fully saturated rings. The summed E-state index contributed by atoms with van der Waals surface area (Å²) in [6.07, 6.45) is 3.91. The molecule has 0 spiro atoms. The molecule has 2 aliphatic rings. The van der Waals surface area contributed by atoms with E-state index in [9.17, 15) is 5.11 Å². The van der Waals surface area contributed by atoms with Gasteiger partial charge in [-0.3, -0.25) is 0 Å². The van der Waals surface area contributed by atoms with Crippen LogP contribution in [0.3, 0.4) is 0 Å². The van der Waals surface area contributed by atoms with Gasteiger partial charge < -0.3 is 9.84 Å². The average Bonchev–Trinajstić information content (AvgIpc) is 2.98. The Balaban J connectivity index is 0.000000568. The maximum absolute atomic E-state index is 11.4. The van der Waals surface area contributed by atoms with Gasteiger partial charge in [-0.15, -0.1) is 0 Å². The first-order valence-corrected chi connectivity index (χ1v) is 10.5. The third-order valence-corrected chi connectivity index (χ3v) is 5.32. The van der Waals surface area contributed by atoms with Crippen LogP contribution in [0.15, 0.2) is 54.6 Å². The largest absolute Gasteiger partial charge is 0.492 e. The van der Waals surface area contributed by atoms with Crippen LogP contribution < -0.4 is 4.74 Å². The van der Waals surface area contributed by atoms with Gasteiger partial charge in [0.15, 0.2) is 0 Å². The lowest BCUT2D eigenvalue weighted by Crippen LogP contribution is -2.32. The highest BCUT2D eigenvalue weighted by Gasteiger charge is 2.42. The third kappa shape index (κ3) is 3.18. The van der Waals surface area contributed by atoms with Gasteiger partial charge in [0.1, 0.15) is 19.2 Å². The molecule has 0 bridgehead atoms. The number of hydrogen-bond acceptors (Lipinski definition) is 2. The van der Waals surface area contributed by atoms with Crippen LogP contribution in [0.2, 0.25) is 0 Å². The maximum atomic E-state index is 11.4. The van der Waals surface area contributed by atoms with Gasteiger partial charge in [0.25, 0.3) is 0 Å². The molecule has 2 radical (unpaired) electrons. The molecule has 2 atom stereocenters. The summed E-state index contributed by atoms with van der Waals surface area (Å²) in [5, 5.41) is 13.4. The van der Waals surface area contributed by atoms with Gasteiger partial charge in [0, 0.05) is 22.1 Å². The van der Waals surface area contributed by atoms with Gasteiger partial charge in [0.05, 0.1) is 5.50 Å². The topological polar surface area (TPSA) is 29.5 Å². The third-order valence-electron chi connectivity index (χ3n) is 5.32. The minimum atomic E-state index is -1.04. The van der Waals surface area contributed by atoms with Crippen molar-refractivity contribution in [2.45, 2.75) is 52.6 Å². The van der Waals surface area contributed by atoms with E-state index in [1.54, 1.807) is 0 Å². The lowest BCUT2D eigenvalue weighted by atomic mass is 9.79. The summed E-state index contributed by atoms with van der Waals surface area (Å²) in [4.78, 5) is 0. The quantitative estimate of drug-likeness (QED) is 0.453. The van der Waals surface area contributed by atoms with Crippen LogP contribution in [0.5, 0.6) is 5.75 Å². The Bertz CT molecular complexity index is 1080. The molecule has 148 valence electrons. The molecule has 0 saturated carbocycles. The summed E-state index contributed by atoms with van der Waals surface area (Å²) < 4.78 is 6.15. The lowest BCUT2D eigenvalue weighted by Gasteiger charge is -2.32. The molecule has 3 heteroatoms. The average molecular weight is 384 g/mol. The van der Waals surface area contributed by atoms with E-state index in [0.29, 0.717) is 0 Å². The van der Waals surface area contributed by atoms with Gasteiger partial charge in [0.2, 0.25) is 0 Å². The van der Waals surface area contributed by atoms with E-state index >= 15 is 0 Å². The first-order chi connectivity index (χ1) is 13.9. The van der Waals surface area contributed by atoms with Gasteiger partial charge in [-0.2, -0.15) is 0 Å². The van der Waals surface area contributed by atoms with E-state index in [1.807, 2.05) is 96.2 Å². The molecule has 1 heterocycles. The highest BCUT2D eigenvalue weighted by Crippen LogP contribution is 2.55. The van der Waals surface area contributed by atoms with Crippen molar-refractivity contribution in [2.24, 2.45) is 0 Å². The SMILES string of the molecule is CC.CC.[B]C1(C)C=Cc2c3c(c4ccccc4c2O1)C(C)(O)c1ccccc1-3. The Hall–Kier alpha value is -2.52. The second kappa shape index (κ2) is 7.72. The maximum Gasteiger partial charge on any atom is 0.137 e. The number of rotatable bonds is 0. The number of hydrogen-bond donors (Lipinski definition) is 1. The zero-order valence-electron chi connectivity index (χ0n) is 18.2. The van der Waals surface area contributed by atoms with Crippen LogP contribution in [0.1, 0.15) is 58.2 Å². The van der Waals surface area contributed by atoms with Crippen LogP contribution in [-0.4, -0.2) is 18.5 Å². The van der Waals surface area contributed by atoms with Gasteiger partial charge >= 0.3 is 0 Å². The first-order valence-electron chi connectivity index (χ1n) is 10.5. The highest BCUT2D eigenvalue weighted by atomic mass is 16.5. The van der Waals surface area contributed by atoms with Crippen LogP contribution in [0.4, 0.5) is 0 Å². The van der Waals surface area contributed by atoms with Crippen LogP contribution in [-0.2, 0) is 5.60 Å². The fourth-order valence-corrected chi connectivity index (χ4v) is 4.24. The van der Waals surface area contributed by atoms with E-state index in [4.69, 9.17) is 12.6 Å². The van der Waals surface area contributed by atoms with Crippen molar-refractivity contribution in [1.82, 2.24) is 0 Å². The van der Waals surface area contributed by atoms with Crippen LogP contribution in [0.25, 0.3) is 28.0 Å². The molecule has 5 rings (SSSR count). The zero-order valence-corrected chi connectivity index (χ0v) is 18.2. The predicted molar refractivity (Wildman–Crippen MR) is 125 cm³/mol. The molecule has 3 aromatic carbocycles. The standard InChI is InChI=1S/C22H17BO2.2C2H6/c1-21(23)12-11-16-18-15-9-5-6-10-17(15)22(2,24)19(18)13-7-3-4-8-14(13)20(16)25-21;2*1-2/h3-12,24H,1-2H3;2*1-2H3. The Kier molecular flexibility index (Phi) is 5.64. The number of fused-ring (bicyclic) bond motifs is 8. The summed E-state index contributed by atoms with van der Waals surface area (Å²) in [7, 11) is 6.22. The van der Waals surface area contributed by atoms with Crippen molar-refractivity contribution >= 4 is 24.7 Å². The molecule has 0 saturated heterocycles. The summed E-state index contributed by atoms with van der Waals surface area (Å²) in [6, 6.07) is 16.1. The van der Waals surface area contributed by atoms with Crippen molar-refractivity contribution < 1.29 is 9.84 Å². The highest BCUT2D eigenvalue weighted by molar-refractivity contribution is 6.17. The van der Waals surface area contributed by atoms with Gasteiger partial charge in [-0.05, 0) is 30.4 Å². The summed E-state index contributed by atoms with van der Waals surface area (Å²) in [6.45, 7) is 11.7. The normalized spacial score (nSPS) is 22.9. The van der Waals surface area contributed by atoms with E-state index in [1.165, 1.54) is 0 Å². The zero-order chi connectivity index (χ0) is 21.4. The van der Waals surface area contributed by atoms with Crippen LogP contribution >= 0.6 is 0 Å². The van der Waals surface area contributed by atoms with Crippen molar-refractivity contribution in [3.8, 4) is 16.9 Å². The Labute approximate surface area is 175 Å². The molecule has 0 amide bonds. The van der Waals surface area contributed by atoms with Crippen molar-refractivity contribution in [3.05, 3.63) is 71.3 Å². The molecule has 3 aromatic rings. The summed E-state index contributed by atoms with van der Waals surface area (Å²) in [5.74, 6) is 0.786. The van der Waals surface area contributed by atoms with E-state index < -0.39 is 11.1 Å². The fraction of sp³-hybridized carbons (Fsp3) is 0.308. The predicted octanol–water partition coefficient (Wildman–Crippen LogP) is 6.42. The lowest BCUT2D eigenvalue weighted by molar-refractivity contribution is 0.109. The van der Waals surface area contributed by atoms with Crippen molar-refractivity contribution in [3.63, 3.8) is 0 Å². The smallest absolute Gasteiger partial charge is 0.137 e. The first kappa shape index (κ1) is 21.2. The molecular formula is C26H29BO2. The van der Waals surface area contributed by atoms with Crippen molar-refractivity contribution in [1.29, 1.82) is 0 Å². The van der Waals surface area contributed by atoms with Crippen LogP contribution in [0, 0.1) is 0 Å². The number of aliphatic hydroxyl groups is 1. The van der Waals surface area contributed by atoms with Gasteiger partial charge in [-0.1, -0.05) is 88.4 Å². The van der Waals surface area contributed by atoms with E-state index in [-0.39, 0.29) is 0 Å². The fourth-order valence-electron chi connectivity index (χ4n) is 4.24. The molecule has 1 N–H and O–H groups in total. The molecule has 0 aromatic heterocycles. The van der Waals surface area contributed by atoms with E-state index in [0.717, 1.165) is 44.3 Å². The second-order valence-electron chi connectivity index (χ2n) is 7.28. The molecule has 1 aliphatic carbocycles. The molecule has 2 nitrogen and oxygen atoms in total.